The van der Waals surface area contributed by atoms with Crippen LogP contribution >= 0.6 is 11.3 Å². The predicted octanol–water partition coefficient (Wildman–Crippen LogP) is 2.36. The SMILES string of the molecule is CCC(=O)CCc1cnc(C)s1. The lowest BCUT2D eigenvalue weighted by atomic mass is 10.2. The molecule has 0 saturated heterocycles. The number of thiazole rings is 1. The normalized spacial score (nSPS) is 10.2. The van der Waals surface area contributed by atoms with Gasteiger partial charge in [-0.15, -0.1) is 11.3 Å². The Hall–Kier alpha value is -0.700. The average Bonchev–Trinajstić information content (AvgIpc) is 2.47. The maximum Gasteiger partial charge on any atom is 0.132 e. The lowest BCUT2D eigenvalue weighted by Crippen LogP contribution is -1.96. The Morgan fingerprint density at radius 2 is 2.42 bits per heavy atom. The minimum Gasteiger partial charge on any atom is -0.300 e. The molecule has 0 atom stereocenters. The third-order valence-corrected chi connectivity index (χ3v) is 2.69. The van der Waals surface area contributed by atoms with E-state index in [9.17, 15) is 4.79 Å². The third kappa shape index (κ3) is 2.74. The molecule has 0 bridgehead atoms. The first-order valence-electron chi connectivity index (χ1n) is 4.15. The molecule has 0 aromatic carbocycles. The van der Waals surface area contributed by atoms with Gasteiger partial charge >= 0.3 is 0 Å². The van der Waals surface area contributed by atoms with Crippen molar-refractivity contribution in [3.05, 3.63) is 16.1 Å². The molecule has 1 heterocycles. The lowest BCUT2D eigenvalue weighted by molar-refractivity contribution is -0.118. The van der Waals surface area contributed by atoms with Gasteiger partial charge in [0.1, 0.15) is 5.78 Å². The molecule has 0 spiro atoms. The summed E-state index contributed by atoms with van der Waals surface area (Å²) in [5.41, 5.74) is 0. The second kappa shape index (κ2) is 4.36. The van der Waals surface area contributed by atoms with Gasteiger partial charge in [0.25, 0.3) is 0 Å². The molecule has 0 unspecified atom stereocenters. The molecule has 12 heavy (non-hydrogen) atoms. The van der Waals surface area contributed by atoms with Crippen LogP contribution in [0, 0.1) is 6.92 Å². The maximum absolute atomic E-state index is 11.0. The molecular formula is C9H13NOS. The second-order valence-electron chi connectivity index (χ2n) is 2.74. The molecule has 0 aliphatic rings. The molecule has 1 aromatic rings. The number of Topliss-reactive ketones (excluding diaryl/α,β-unsaturated/α-hetero) is 1. The summed E-state index contributed by atoms with van der Waals surface area (Å²) in [7, 11) is 0. The van der Waals surface area contributed by atoms with Gasteiger partial charge in [0.2, 0.25) is 0 Å². The quantitative estimate of drug-likeness (QED) is 0.717. The molecule has 66 valence electrons. The zero-order chi connectivity index (χ0) is 8.97. The van der Waals surface area contributed by atoms with E-state index in [2.05, 4.69) is 4.98 Å². The van der Waals surface area contributed by atoms with Crippen LogP contribution in [-0.2, 0) is 11.2 Å². The molecule has 0 N–H and O–H groups in total. The summed E-state index contributed by atoms with van der Waals surface area (Å²) >= 11 is 1.68. The van der Waals surface area contributed by atoms with Crippen LogP contribution in [0.4, 0.5) is 0 Å². The predicted molar refractivity (Wildman–Crippen MR) is 50.5 cm³/mol. The number of carbonyl (C=O) groups excluding carboxylic acids is 1. The standard InChI is InChI=1S/C9H13NOS/c1-3-8(11)4-5-9-6-10-7(2)12-9/h6H,3-5H2,1-2H3. The molecule has 0 fully saturated rings. The van der Waals surface area contributed by atoms with Crippen LogP contribution in [0.2, 0.25) is 0 Å². The molecule has 3 heteroatoms. The number of ketones is 1. The molecule has 0 radical (unpaired) electrons. The number of nitrogens with zero attached hydrogens (tertiary/aromatic N) is 1. The fourth-order valence-electron chi connectivity index (χ4n) is 0.960. The van der Waals surface area contributed by atoms with Crippen molar-refractivity contribution in [1.29, 1.82) is 0 Å². The van der Waals surface area contributed by atoms with E-state index in [-0.39, 0.29) is 0 Å². The van der Waals surface area contributed by atoms with Gasteiger partial charge in [-0.2, -0.15) is 0 Å². The highest BCUT2D eigenvalue weighted by Gasteiger charge is 2.01. The highest BCUT2D eigenvalue weighted by Crippen LogP contribution is 2.13. The van der Waals surface area contributed by atoms with E-state index in [1.807, 2.05) is 20.0 Å². The zero-order valence-electron chi connectivity index (χ0n) is 7.46. The van der Waals surface area contributed by atoms with Gasteiger partial charge in [-0.25, -0.2) is 4.98 Å². The van der Waals surface area contributed by atoms with Crippen LogP contribution in [-0.4, -0.2) is 10.8 Å². The number of rotatable bonds is 4. The van der Waals surface area contributed by atoms with Crippen LogP contribution in [0.25, 0.3) is 0 Å². The van der Waals surface area contributed by atoms with Gasteiger partial charge in [0, 0.05) is 23.9 Å². The Labute approximate surface area is 76.6 Å². The van der Waals surface area contributed by atoms with E-state index in [4.69, 9.17) is 0 Å². The summed E-state index contributed by atoms with van der Waals surface area (Å²) < 4.78 is 0. The Bertz CT molecular complexity index is 267. The smallest absolute Gasteiger partial charge is 0.132 e. The molecular weight excluding hydrogens is 170 g/mol. The van der Waals surface area contributed by atoms with Crippen LogP contribution in [0.15, 0.2) is 6.20 Å². The number of hydrogen-bond acceptors (Lipinski definition) is 3. The van der Waals surface area contributed by atoms with E-state index in [0.717, 1.165) is 11.4 Å². The van der Waals surface area contributed by atoms with Crippen molar-refractivity contribution in [2.75, 3.05) is 0 Å². The van der Waals surface area contributed by atoms with Crippen molar-refractivity contribution < 1.29 is 4.79 Å². The topological polar surface area (TPSA) is 30.0 Å². The molecule has 2 nitrogen and oxygen atoms in total. The van der Waals surface area contributed by atoms with E-state index < -0.39 is 0 Å². The first-order chi connectivity index (χ1) is 5.72. The summed E-state index contributed by atoms with van der Waals surface area (Å²) in [6, 6.07) is 0. The molecule has 0 aliphatic heterocycles. The highest BCUT2D eigenvalue weighted by molar-refractivity contribution is 7.11. The van der Waals surface area contributed by atoms with E-state index in [1.165, 1.54) is 4.88 Å². The monoisotopic (exact) mass is 183 g/mol. The fraction of sp³-hybridized carbons (Fsp3) is 0.556. The number of aryl methyl sites for hydroxylation is 2. The number of carbonyl (C=O) groups is 1. The summed E-state index contributed by atoms with van der Waals surface area (Å²) in [6.07, 6.45) is 4.04. The average molecular weight is 183 g/mol. The van der Waals surface area contributed by atoms with Crippen molar-refractivity contribution in [2.24, 2.45) is 0 Å². The van der Waals surface area contributed by atoms with Crippen molar-refractivity contribution in [1.82, 2.24) is 4.98 Å². The highest BCUT2D eigenvalue weighted by atomic mass is 32.1. The molecule has 1 rings (SSSR count). The van der Waals surface area contributed by atoms with Gasteiger partial charge in [-0.05, 0) is 13.3 Å². The van der Waals surface area contributed by atoms with Gasteiger partial charge in [0.05, 0.1) is 5.01 Å². The first-order valence-corrected chi connectivity index (χ1v) is 4.97. The summed E-state index contributed by atoms with van der Waals surface area (Å²) in [6.45, 7) is 3.88. The summed E-state index contributed by atoms with van der Waals surface area (Å²) in [4.78, 5) is 16.3. The van der Waals surface area contributed by atoms with Gasteiger partial charge < -0.3 is 0 Å². The largest absolute Gasteiger partial charge is 0.300 e. The van der Waals surface area contributed by atoms with Crippen molar-refractivity contribution in [3.63, 3.8) is 0 Å². The van der Waals surface area contributed by atoms with Crippen LogP contribution in [0.3, 0.4) is 0 Å². The number of hydrogen-bond donors (Lipinski definition) is 0. The fourth-order valence-corrected chi connectivity index (χ4v) is 1.75. The Morgan fingerprint density at radius 1 is 1.67 bits per heavy atom. The minimum absolute atomic E-state index is 0.334. The van der Waals surface area contributed by atoms with Gasteiger partial charge in [0.15, 0.2) is 0 Å². The van der Waals surface area contributed by atoms with E-state index >= 15 is 0 Å². The van der Waals surface area contributed by atoms with Crippen LogP contribution in [0.5, 0.6) is 0 Å². The Morgan fingerprint density at radius 3 is 2.92 bits per heavy atom. The Kier molecular flexibility index (Phi) is 3.41. The van der Waals surface area contributed by atoms with Crippen molar-refractivity contribution in [3.8, 4) is 0 Å². The third-order valence-electron chi connectivity index (χ3n) is 1.71. The zero-order valence-corrected chi connectivity index (χ0v) is 8.28. The summed E-state index contributed by atoms with van der Waals surface area (Å²) in [5, 5.41) is 1.08. The Balaban J connectivity index is 2.38. The summed E-state index contributed by atoms with van der Waals surface area (Å²) in [5.74, 6) is 0.334. The van der Waals surface area contributed by atoms with Crippen LogP contribution in [0.1, 0.15) is 29.7 Å². The van der Waals surface area contributed by atoms with Gasteiger partial charge in [-0.3, -0.25) is 4.79 Å². The van der Waals surface area contributed by atoms with Crippen molar-refractivity contribution >= 4 is 17.1 Å². The first kappa shape index (κ1) is 9.39. The minimum atomic E-state index is 0.334. The van der Waals surface area contributed by atoms with Crippen LogP contribution < -0.4 is 0 Å². The van der Waals surface area contributed by atoms with Gasteiger partial charge in [-0.1, -0.05) is 6.92 Å². The molecule has 0 aliphatic carbocycles. The van der Waals surface area contributed by atoms with E-state index in [0.29, 0.717) is 18.6 Å². The molecule has 1 aromatic heterocycles. The van der Waals surface area contributed by atoms with E-state index in [1.54, 1.807) is 11.3 Å². The van der Waals surface area contributed by atoms with Crippen molar-refractivity contribution in [2.45, 2.75) is 33.1 Å². The molecule has 0 amide bonds. The molecule has 0 saturated carbocycles. The lowest BCUT2D eigenvalue weighted by Gasteiger charge is -1.93. The number of aromatic nitrogens is 1. The maximum atomic E-state index is 11.0. The second-order valence-corrected chi connectivity index (χ2v) is 4.06.